The van der Waals surface area contributed by atoms with Crippen LogP contribution in [0.3, 0.4) is 0 Å². The molecular formula is C20H23N5O. The molecule has 4 rings (SSSR count). The van der Waals surface area contributed by atoms with Gasteiger partial charge in [-0.05, 0) is 32.4 Å². The van der Waals surface area contributed by atoms with Gasteiger partial charge in [0.05, 0.1) is 29.2 Å². The van der Waals surface area contributed by atoms with E-state index < -0.39 is 0 Å². The van der Waals surface area contributed by atoms with Gasteiger partial charge in [-0.25, -0.2) is 9.97 Å². The predicted molar refractivity (Wildman–Crippen MR) is 100.0 cm³/mol. The van der Waals surface area contributed by atoms with Gasteiger partial charge < -0.3 is 9.42 Å². The van der Waals surface area contributed by atoms with E-state index >= 15 is 0 Å². The van der Waals surface area contributed by atoms with Gasteiger partial charge in [-0.1, -0.05) is 25.1 Å². The summed E-state index contributed by atoms with van der Waals surface area (Å²) in [4.78, 5) is 16.6. The Hall–Kier alpha value is -2.76. The van der Waals surface area contributed by atoms with E-state index in [1.807, 2.05) is 26.1 Å². The monoisotopic (exact) mass is 349 g/mol. The molecule has 4 heterocycles. The van der Waals surface area contributed by atoms with Crippen LogP contribution in [0.15, 0.2) is 22.9 Å². The van der Waals surface area contributed by atoms with Crippen LogP contribution in [-0.2, 0) is 13.1 Å². The first-order chi connectivity index (χ1) is 12.5. The van der Waals surface area contributed by atoms with E-state index in [1.165, 1.54) is 5.56 Å². The fourth-order valence-corrected chi connectivity index (χ4v) is 3.50. The van der Waals surface area contributed by atoms with Crippen molar-refractivity contribution in [3.63, 3.8) is 0 Å². The summed E-state index contributed by atoms with van der Waals surface area (Å²) in [6.07, 6.45) is 1.85. The maximum atomic E-state index is 5.39. The summed E-state index contributed by atoms with van der Waals surface area (Å²) < 4.78 is 5.39. The molecule has 0 N–H and O–H groups in total. The summed E-state index contributed by atoms with van der Waals surface area (Å²) in [5, 5.41) is 4.11. The molecule has 0 saturated carbocycles. The molecule has 0 spiro atoms. The van der Waals surface area contributed by atoms with Crippen molar-refractivity contribution in [1.29, 1.82) is 0 Å². The molecule has 6 heteroatoms. The Bertz CT molecular complexity index is 932. The Morgan fingerprint density at radius 2 is 1.92 bits per heavy atom. The highest BCUT2D eigenvalue weighted by Crippen LogP contribution is 2.35. The summed E-state index contributed by atoms with van der Waals surface area (Å²) in [6.45, 7) is 11.8. The Kier molecular flexibility index (Phi) is 3.98. The number of anilines is 1. The topological polar surface area (TPSA) is 67.9 Å². The van der Waals surface area contributed by atoms with Crippen molar-refractivity contribution < 1.29 is 4.52 Å². The quantitative estimate of drug-likeness (QED) is 0.709. The zero-order chi connectivity index (χ0) is 18.4. The molecule has 0 aromatic carbocycles. The van der Waals surface area contributed by atoms with Crippen LogP contribution >= 0.6 is 0 Å². The molecular weight excluding hydrogens is 326 g/mol. The van der Waals surface area contributed by atoms with Crippen LogP contribution in [0, 0.1) is 20.8 Å². The van der Waals surface area contributed by atoms with Crippen LogP contribution < -0.4 is 4.90 Å². The summed E-state index contributed by atoms with van der Waals surface area (Å²) in [5.41, 5.74) is 6.18. The van der Waals surface area contributed by atoms with Crippen LogP contribution in [0.4, 0.5) is 5.82 Å². The molecule has 0 saturated heterocycles. The Labute approximate surface area is 153 Å². The van der Waals surface area contributed by atoms with E-state index in [4.69, 9.17) is 14.5 Å². The highest BCUT2D eigenvalue weighted by atomic mass is 16.5. The first kappa shape index (κ1) is 16.7. The second-order valence-electron chi connectivity index (χ2n) is 7.20. The minimum Gasteiger partial charge on any atom is -0.361 e. The molecule has 0 unspecified atom stereocenters. The molecule has 0 amide bonds. The van der Waals surface area contributed by atoms with Crippen molar-refractivity contribution in [1.82, 2.24) is 20.1 Å². The number of fused-ring (bicyclic) bond motifs is 1. The average molecular weight is 349 g/mol. The zero-order valence-electron chi connectivity index (χ0n) is 15.9. The lowest BCUT2D eigenvalue weighted by molar-refractivity contribution is 0.393. The molecule has 0 radical (unpaired) electrons. The predicted octanol–water partition coefficient (Wildman–Crippen LogP) is 4.10. The lowest BCUT2D eigenvalue weighted by Crippen LogP contribution is -2.20. The number of pyridine rings is 1. The number of aromatic nitrogens is 4. The van der Waals surface area contributed by atoms with Crippen LogP contribution in [-0.4, -0.2) is 20.1 Å². The molecule has 3 aromatic rings. The molecule has 26 heavy (non-hydrogen) atoms. The average Bonchev–Trinajstić information content (AvgIpc) is 3.18. The second-order valence-corrected chi connectivity index (χ2v) is 7.20. The fourth-order valence-electron chi connectivity index (χ4n) is 3.50. The molecule has 0 bridgehead atoms. The van der Waals surface area contributed by atoms with Crippen molar-refractivity contribution >= 4 is 5.82 Å². The minimum atomic E-state index is 0.233. The van der Waals surface area contributed by atoms with Gasteiger partial charge in [0.25, 0.3) is 0 Å². The smallest absolute Gasteiger partial charge is 0.143 e. The van der Waals surface area contributed by atoms with Crippen molar-refractivity contribution in [3.05, 3.63) is 52.4 Å². The largest absolute Gasteiger partial charge is 0.361 e. The van der Waals surface area contributed by atoms with Crippen molar-refractivity contribution in [2.75, 3.05) is 4.90 Å². The van der Waals surface area contributed by atoms with Gasteiger partial charge in [-0.2, -0.15) is 0 Å². The lowest BCUT2D eigenvalue weighted by atomic mass is 10.0. The zero-order valence-corrected chi connectivity index (χ0v) is 15.9. The van der Waals surface area contributed by atoms with Crippen molar-refractivity contribution in [2.45, 2.75) is 53.6 Å². The van der Waals surface area contributed by atoms with Crippen molar-refractivity contribution in [2.24, 2.45) is 0 Å². The Morgan fingerprint density at radius 1 is 1.12 bits per heavy atom. The van der Waals surface area contributed by atoms with Gasteiger partial charge in [-0.3, -0.25) is 4.98 Å². The van der Waals surface area contributed by atoms with E-state index in [1.54, 1.807) is 0 Å². The molecule has 3 aromatic heterocycles. The standard InChI is InChI=1S/C20H23N5O/c1-11(2)19-22-18(17-13(4)24-26-14(17)5)12(3)20(23-19)25-9-15-7-6-8-21-16(15)10-25/h6-8,11H,9-10H2,1-5H3. The summed E-state index contributed by atoms with van der Waals surface area (Å²) in [6, 6.07) is 4.13. The van der Waals surface area contributed by atoms with Crippen LogP contribution in [0.1, 0.15) is 53.9 Å². The number of aryl methyl sites for hydroxylation is 2. The van der Waals surface area contributed by atoms with Crippen LogP contribution in [0.2, 0.25) is 0 Å². The fraction of sp³-hybridized carbons (Fsp3) is 0.400. The third-order valence-electron chi connectivity index (χ3n) is 4.91. The Balaban J connectivity index is 1.86. The van der Waals surface area contributed by atoms with Crippen LogP contribution in [0.5, 0.6) is 0 Å². The van der Waals surface area contributed by atoms with E-state index in [2.05, 4.69) is 41.9 Å². The Morgan fingerprint density at radius 3 is 2.58 bits per heavy atom. The molecule has 1 aliphatic heterocycles. The van der Waals surface area contributed by atoms with Gasteiger partial charge in [0.2, 0.25) is 0 Å². The molecule has 6 nitrogen and oxygen atoms in total. The number of nitrogens with zero attached hydrogens (tertiary/aromatic N) is 5. The van der Waals surface area contributed by atoms with E-state index in [0.717, 1.165) is 58.7 Å². The van der Waals surface area contributed by atoms with Gasteiger partial charge in [0.1, 0.15) is 17.4 Å². The second kappa shape index (κ2) is 6.20. The third-order valence-corrected chi connectivity index (χ3v) is 4.91. The van der Waals surface area contributed by atoms with Gasteiger partial charge in [0.15, 0.2) is 0 Å². The number of rotatable bonds is 3. The van der Waals surface area contributed by atoms with E-state index in [9.17, 15) is 0 Å². The first-order valence-electron chi connectivity index (χ1n) is 8.95. The summed E-state index contributed by atoms with van der Waals surface area (Å²) >= 11 is 0. The lowest BCUT2D eigenvalue weighted by Gasteiger charge is -2.22. The molecule has 0 aliphatic carbocycles. The van der Waals surface area contributed by atoms with Gasteiger partial charge in [-0.15, -0.1) is 0 Å². The maximum Gasteiger partial charge on any atom is 0.143 e. The molecule has 134 valence electrons. The number of hydrogen-bond acceptors (Lipinski definition) is 6. The highest BCUT2D eigenvalue weighted by Gasteiger charge is 2.26. The first-order valence-corrected chi connectivity index (χ1v) is 8.95. The van der Waals surface area contributed by atoms with E-state index in [0.29, 0.717) is 0 Å². The normalized spacial score (nSPS) is 13.5. The third kappa shape index (κ3) is 2.66. The van der Waals surface area contributed by atoms with Gasteiger partial charge in [0, 0.05) is 24.2 Å². The molecule has 0 atom stereocenters. The van der Waals surface area contributed by atoms with E-state index in [-0.39, 0.29) is 5.92 Å². The van der Waals surface area contributed by atoms with Crippen LogP contribution in [0.25, 0.3) is 11.3 Å². The maximum absolute atomic E-state index is 5.39. The molecule has 0 fully saturated rings. The SMILES string of the molecule is Cc1noc(C)c1-c1nc(C(C)C)nc(N2Cc3cccnc3C2)c1C. The van der Waals surface area contributed by atoms with Crippen molar-refractivity contribution in [3.8, 4) is 11.3 Å². The summed E-state index contributed by atoms with van der Waals surface area (Å²) in [7, 11) is 0. The molecule has 1 aliphatic rings. The number of hydrogen-bond donors (Lipinski definition) is 0. The van der Waals surface area contributed by atoms with Gasteiger partial charge >= 0.3 is 0 Å². The minimum absolute atomic E-state index is 0.233. The summed E-state index contributed by atoms with van der Waals surface area (Å²) in [5.74, 6) is 2.83. The highest BCUT2D eigenvalue weighted by molar-refractivity contribution is 5.72.